The van der Waals surface area contributed by atoms with E-state index in [-0.39, 0.29) is 46.8 Å². The van der Waals surface area contributed by atoms with Gasteiger partial charge >= 0.3 is 0 Å². The first-order valence-electron chi connectivity index (χ1n) is 14.3. The summed E-state index contributed by atoms with van der Waals surface area (Å²) in [5.74, 6) is -1.53. The molecule has 5 aromatic rings. The third kappa shape index (κ3) is 6.05. The number of piperidine rings is 1. The number of benzene rings is 3. The number of amides is 2. The van der Waals surface area contributed by atoms with Crippen LogP contribution in [0, 0.1) is 11.6 Å². The Morgan fingerprint density at radius 3 is 2.29 bits per heavy atom. The van der Waals surface area contributed by atoms with Gasteiger partial charge in [0.1, 0.15) is 23.0 Å². The molecule has 0 aliphatic carbocycles. The Kier molecular flexibility index (Phi) is 7.92. The summed E-state index contributed by atoms with van der Waals surface area (Å²) in [5.41, 5.74) is 3.63. The number of H-pyrrole nitrogens is 1. The van der Waals surface area contributed by atoms with E-state index in [0.717, 1.165) is 6.26 Å². The standard InChI is InChI=1S/C33H30F2N4O5S/c1-36-32(40)30-25-14-24(28(38-45(2,42)43)15-29(25)44-31(30)20-7-11-23(35)12-8-20)21-4-3-13-39(18-21)33(41)27-17-37-16-26(27)19-5-9-22(34)10-6-19/h5-12,14-17,21,37-38H,3-4,13,18H2,1-2H3,(H,36,40)/t21-/m1/s1. The predicted octanol–water partition coefficient (Wildman–Crippen LogP) is 6.12. The number of hydrogen-bond acceptors (Lipinski definition) is 5. The fourth-order valence-electron chi connectivity index (χ4n) is 5.94. The summed E-state index contributed by atoms with van der Waals surface area (Å²) < 4.78 is 60.8. The van der Waals surface area contributed by atoms with Gasteiger partial charge in [-0.15, -0.1) is 0 Å². The van der Waals surface area contributed by atoms with E-state index in [0.29, 0.717) is 52.6 Å². The lowest BCUT2D eigenvalue weighted by Gasteiger charge is -2.34. The van der Waals surface area contributed by atoms with E-state index in [9.17, 15) is 26.8 Å². The second-order valence-corrected chi connectivity index (χ2v) is 12.8. The van der Waals surface area contributed by atoms with Gasteiger partial charge in [0.25, 0.3) is 11.8 Å². The number of hydrogen-bond donors (Lipinski definition) is 3. The molecular weight excluding hydrogens is 602 g/mol. The average Bonchev–Trinajstić information content (AvgIpc) is 3.65. The first kappa shape index (κ1) is 30.1. The Bertz CT molecular complexity index is 2020. The molecule has 0 radical (unpaired) electrons. The van der Waals surface area contributed by atoms with Crippen molar-refractivity contribution in [1.29, 1.82) is 0 Å². The number of halogens is 2. The van der Waals surface area contributed by atoms with E-state index >= 15 is 0 Å². The summed E-state index contributed by atoms with van der Waals surface area (Å²) in [6.07, 6.45) is 5.66. The number of rotatable bonds is 7. The highest BCUT2D eigenvalue weighted by Gasteiger charge is 2.31. The molecule has 45 heavy (non-hydrogen) atoms. The van der Waals surface area contributed by atoms with Gasteiger partial charge in [-0.2, -0.15) is 0 Å². The molecule has 2 amide bonds. The van der Waals surface area contributed by atoms with Crippen molar-refractivity contribution in [3.05, 3.63) is 101 Å². The Morgan fingerprint density at radius 2 is 1.64 bits per heavy atom. The SMILES string of the molecule is CNC(=O)c1c(-c2ccc(F)cc2)oc2cc(NS(C)(=O)=O)c([C@@H]3CCCN(C(=O)c4c[nH]cc4-c4ccc(F)cc4)C3)cc12. The Morgan fingerprint density at radius 1 is 0.978 bits per heavy atom. The zero-order valence-electron chi connectivity index (χ0n) is 24.5. The summed E-state index contributed by atoms with van der Waals surface area (Å²) in [6, 6.07) is 14.7. The van der Waals surface area contributed by atoms with Gasteiger partial charge in [0, 0.05) is 61.0 Å². The number of nitrogens with one attached hydrogen (secondary N) is 3. The minimum Gasteiger partial charge on any atom is -0.455 e. The van der Waals surface area contributed by atoms with E-state index in [1.165, 1.54) is 43.4 Å². The number of likely N-dealkylation sites (tertiary alicyclic amines) is 1. The predicted molar refractivity (Wildman–Crippen MR) is 168 cm³/mol. The number of carbonyl (C=O) groups excluding carboxylic acids is 2. The molecule has 1 aliphatic heterocycles. The quantitative estimate of drug-likeness (QED) is 0.199. The number of fused-ring (bicyclic) bond motifs is 1. The summed E-state index contributed by atoms with van der Waals surface area (Å²) in [6.45, 7) is 0.777. The molecule has 3 heterocycles. The molecule has 1 fully saturated rings. The van der Waals surface area contributed by atoms with Gasteiger partial charge in [-0.1, -0.05) is 12.1 Å². The van der Waals surface area contributed by atoms with Crippen LogP contribution in [0.15, 0.2) is 77.5 Å². The van der Waals surface area contributed by atoms with Crippen LogP contribution in [0.2, 0.25) is 0 Å². The van der Waals surface area contributed by atoms with Gasteiger partial charge < -0.3 is 19.6 Å². The third-order valence-corrected chi connectivity index (χ3v) is 8.59. The van der Waals surface area contributed by atoms with Crippen LogP contribution in [0.5, 0.6) is 0 Å². The Balaban J connectivity index is 1.41. The van der Waals surface area contributed by atoms with Gasteiger partial charge in [-0.3, -0.25) is 14.3 Å². The van der Waals surface area contributed by atoms with Crippen molar-refractivity contribution in [2.24, 2.45) is 0 Å². The number of aromatic amines is 1. The second-order valence-electron chi connectivity index (χ2n) is 11.1. The van der Waals surface area contributed by atoms with Crippen molar-refractivity contribution >= 4 is 38.5 Å². The number of furan rings is 1. The van der Waals surface area contributed by atoms with E-state index < -0.39 is 21.7 Å². The minimum atomic E-state index is -3.72. The van der Waals surface area contributed by atoms with E-state index in [1.807, 2.05) is 0 Å². The maximum absolute atomic E-state index is 13.8. The smallest absolute Gasteiger partial charge is 0.256 e. The molecule has 3 aromatic carbocycles. The van der Waals surface area contributed by atoms with Crippen molar-refractivity contribution < 1.29 is 31.2 Å². The highest BCUT2D eigenvalue weighted by molar-refractivity contribution is 7.92. The van der Waals surface area contributed by atoms with Crippen molar-refractivity contribution in [1.82, 2.24) is 15.2 Å². The zero-order valence-corrected chi connectivity index (χ0v) is 25.3. The van der Waals surface area contributed by atoms with Crippen LogP contribution < -0.4 is 10.0 Å². The van der Waals surface area contributed by atoms with Gasteiger partial charge in [0.2, 0.25) is 10.0 Å². The van der Waals surface area contributed by atoms with Gasteiger partial charge in [-0.25, -0.2) is 17.2 Å². The number of aromatic nitrogens is 1. The first-order valence-corrected chi connectivity index (χ1v) is 16.2. The molecule has 2 aromatic heterocycles. The molecule has 1 saturated heterocycles. The summed E-state index contributed by atoms with van der Waals surface area (Å²) in [5, 5.41) is 3.09. The molecule has 12 heteroatoms. The van der Waals surface area contributed by atoms with Crippen molar-refractivity contribution in [3.8, 4) is 22.5 Å². The van der Waals surface area contributed by atoms with Crippen molar-refractivity contribution in [2.45, 2.75) is 18.8 Å². The number of nitrogens with zero attached hydrogens (tertiary/aromatic N) is 1. The van der Waals surface area contributed by atoms with Gasteiger partial charge in [0.05, 0.1) is 23.1 Å². The molecular formula is C33H30F2N4O5S. The van der Waals surface area contributed by atoms with Crippen LogP contribution in [0.1, 0.15) is 45.0 Å². The van der Waals surface area contributed by atoms with Crippen molar-refractivity contribution in [3.63, 3.8) is 0 Å². The lowest BCUT2D eigenvalue weighted by Crippen LogP contribution is -2.39. The van der Waals surface area contributed by atoms with Crippen LogP contribution in [-0.2, 0) is 10.0 Å². The summed E-state index contributed by atoms with van der Waals surface area (Å²) in [7, 11) is -2.23. The molecule has 6 rings (SSSR count). The zero-order chi connectivity index (χ0) is 31.9. The van der Waals surface area contributed by atoms with Crippen molar-refractivity contribution in [2.75, 3.05) is 31.1 Å². The highest BCUT2D eigenvalue weighted by Crippen LogP contribution is 2.41. The lowest BCUT2D eigenvalue weighted by molar-refractivity contribution is 0.0708. The van der Waals surface area contributed by atoms with E-state index in [1.54, 1.807) is 41.6 Å². The monoisotopic (exact) mass is 632 g/mol. The normalized spacial score (nSPS) is 15.3. The van der Waals surface area contributed by atoms with Crippen LogP contribution in [-0.4, -0.2) is 56.5 Å². The Hall–Kier alpha value is -4.97. The van der Waals surface area contributed by atoms with Gasteiger partial charge in [0.15, 0.2) is 0 Å². The second kappa shape index (κ2) is 11.8. The molecule has 0 spiro atoms. The van der Waals surface area contributed by atoms with E-state index in [2.05, 4.69) is 15.0 Å². The number of sulfonamides is 1. The fourth-order valence-corrected chi connectivity index (χ4v) is 6.51. The molecule has 0 saturated carbocycles. The molecule has 232 valence electrons. The van der Waals surface area contributed by atoms with E-state index in [4.69, 9.17) is 4.42 Å². The average molecular weight is 633 g/mol. The first-order chi connectivity index (χ1) is 21.5. The molecule has 1 aliphatic rings. The highest BCUT2D eigenvalue weighted by atomic mass is 32.2. The third-order valence-electron chi connectivity index (χ3n) is 8.00. The molecule has 3 N–H and O–H groups in total. The number of anilines is 1. The van der Waals surface area contributed by atoms with Crippen LogP contribution in [0.4, 0.5) is 14.5 Å². The van der Waals surface area contributed by atoms with Crippen LogP contribution in [0.3, 0.4) is 0 Å². The maximum Gasteiger partial charge on any atom is 0.256 e. The fraction of sp³-hybridized carbons (Fsp3) is 0.212. The molecule has 0 unspecified atom stereocenters. The topological polar surface area (TPSA) is 125 Å². The number of carbonyl (C=O) groups is 2. The minimum absolute atomic E-state index is 0.216. The van der Waals surface area contributed by atoms with Crippen LogP contribution in [0.25, 0.3) is 33.4 Å². The van der Waals surface area contributed by atoms with Crippen LogP contribution >= 0.6 is 0 Å². The summed E-state index contributed by atoms with van der Waals surface area (Å²) in [4.78, 5) is 31.7. The molecule has 0 bridgehead atoms. The lowest BCUT2D eigenvalue weighted by atomic mass is 9.88. The molecule has 1 atom stereocenters. The largest absolute Gasteiger partial charge is 0.455 e. The Labute approximate surface area is 258 Å². The van der Waals surface area contributed by atoms with Gasteiger partial charge in [-0.05, 0) is 66.4 Å². The summed E-state index contributed by atoms with van der Waals surface area (Å²) >= 11 is 0. The maximum atomic E-state index is 13.8. The molecule has 9 nitrogen and oxygen atoms in total.